The molecule has 17 heavy (non-hydrogen) atoms. The molecule has 0 saturated carbocycles. The topological polar surface area (TPSA) is 80.3 Å². The van der Waals surface area contributed by atoms with Crippen molar-refractivity contribution in [3.05, 3.63) is 45.8 Å². The first-order chi connectivity index (χ1) is 8.17. The van der Waals surface area contributed by atoms with Gasteiger partial charge in [-0.15, -0.1) is 0 Å². The van der Waals surface area contributed by atoms with E-state index in [1.165, 1.54) is 25.3 Å². The zero-order valence-electron chi connectivity index (χ0n) is 8.89. The molecule has 2 rings (SSSR count). The number of carbonyl (C=O) groups excluding carboxylic acids is 1. The Kier molecular flexibility index (Phi) is 2.63. The highest BCUT2D eigenvalue weighted by Crippen LogP contribution is 2.14. The van der Waals surface area contributed by atoms with Gasteiger partial charge in [-0.2, -0.15) is 5.26 Å². The van der Waals surface area contributed by atoms with Crippen LogP contribution in [0.1, 0.15) is 15.9 Å². The average molecular weight is 229 g/mol. The molecule has 0 spiro atoms. The second-order valence-electron chi connectivity index (χ2n) is 3.29. The lowest BCUT2D eigenvalue weighted by Gasteiger charge is -2.01. The lowest BCUT2D eigenvalue weighted by molar-refractivity contribution is 0.0601. The molecule has 0 aliphatic rings. The first-order valence-electron chi connectivity index (χ1n) is 4.71. The van der Waals surface area contributed by atoms with E-state index in [4.69, 9.17) is 9.68 Å². The second-order valence-corrected chi connectivity index (χ2v) is 3.29. The first-order valence-corrected chi connectivity index (χ1v) is 4.71. The van der Waals surface area contributed by atoms with Gasteiger partial charge in [-0.25, -0.2) is 4.79 Å². The van der Waals surface area contributed by atoms with Gasteiger partial charge in [0.1, 0.15) is 23.5 Å². The van der Waals surface area contributed by atoms with Crippen molar-refractivity contribution in [2.75, 3.05) is 7.11 Å². The van der Waals surface area contributed by atoms with Gasteiger partial charge in [0.25, 0.3) is 0 Å². The fourth-order valence-electron chi connectivity index (χ4n) is 1.45. The molecule has 84 valence electrons. The quantitative estimate of drug-likeness (QED) is 0.691. The van der Waals surface area contributed by atoms with Gasteiger partial charge in [0.05, 0.1) is 18.1 Å². The van der Waals surface area contributed by atoms with E-state index in [1.807, 2.05) is 0 Å². The third kappa shape index (κ3) is 1.76. The summed E-state index contributed by atoms with van der Waals surface area (Å²) in [5.41, 5.74) is 0.00283. The largest absolute Gasteiger partial charge is 0.465 e. The molecule has 0 bridgehead atoms. The van der Waals surface area contributed by atoms with Crippen molar-refractivity contribution in [2.24, 2.45) is 0 Å². The number of esters is 1. The van der Waals surface area contributed by atoms with Crippen LogP contribution in [-0.4, -0.2) is 13.1 Å². The molecule has 0 atom stereocenters. The highest BCUT2D eigenvalue weighted by atomic mass is 16.5. The van der Waals surface area contributed by atoms with Crippen molar-refractivity contribution in [1.29, 1.82) is 5.26 Å². The van der Waals surface area contributed by atoms with Crippen molar-refractivity contribution in [3.8, 4) is 6.07 Å². The predicted molar refractivity (Wildman–Crippen MR) is 58.5 cm³/mol. The zero-order chi connectivity index (χ0) is 12.4. The highest BCUT2D eigenvalue weighted by molar-refractivity contribution is 5.94. The molecule has 0 unspecified atom stereocenters. The predicted octanol–water partition coefficient (Wildman–Crippen LogP) is 1.45. The van der Waals surface area contributed by atoms with Crippen LogP contribution in [0.25, 0.3) is 11.0 Å². The van der Waals surface area contributed by atoms with Gasteiger partial charge in [-0.1, -0.05) is 0 Å². The Bertz CT molecular complexity index is 694. The lowest BCUT2D eigenvalue weighted by Crippen LogP contribution is -2.07. The first kappa shape index (κ1) is 10.9. The van der Waals surface area contributed by atoms with Gasteiger partial charge in [0.15, 0.2) is 0 Å². The number of carbonyl (C=O) groups is 1. The van der Waals surface area contributed by atoms with Crippen molar-refractivity contribution in [2.45, 2.75) is 0 Å². The van der Waals surface area contributed by atoms with Crippen LogP contribution in [0.4, 0.5) is 0 Å². The van der Waals surface area contributed by atoms with Crippen molar-refractivity contribution < 1.29 is 13.9 Å². The number of methoxy groups -OCH3 is 1. The molecule has 5 nitrogen and oxygen atoms in total. The lowest BCUT2D eigenvalue weighted by atomic mass is 10.1. The van der Waals surface area contributed by atoms with Gasteiger partial charge >= 0.3 is 5.97 Å². The molecule has 1 aromatic heterocycles. The standard InChI is InChI=1S/C12H7NO4/c1-16-12(15)7-2-3-10-9(4-7)11(14)8(5-13)6-17-10/h2-4,6H,1H3. The van der Waals surface area contributed by atoms with E-state index in [0.717, 1.165) is 6.26 Å². The van der Waals surface area contributed by atoms with E-state index in [0.29, 0.717) is 5.58 Å². The Balaban J connectivity index is 2.76. The van der Waals surface area contributed by atoms with Crippen LogP contribution in [0, 0.1) is 11.3 Å². The molecular formula is C12H7NO4. The number of nitrogens with zero attached hydrogens (tertiary/aromatic N) is 1. The number of rotatable bonds is 1. The fraction of sp³-hybridized carbons (Fsp3) is 0.0833. The minimum atomic E-state index is -0.548. The minimum Gasteiger partial charge on any atom is -0.465 e. The van der Waals surface area contributed by atoms with Crippen molar-refractivity contribution in [3.63, 3.8) is 0 Å². The molecule has 0 N–H and O–H groups in total. The van der Waals surface area contributed by atoms with E-state index in [9.17, 15) is 9.59 Å². The molecule has 0 saturated heterocycles. The average Bonchev–Trinajstić information content (AvgIpc) is 2.38. The van der Waals surface area contributed by atoms with E-state index >= 15 is 0 Å². The van der Waals surface area contributed by atoms with Gasteiger partial charge in [0, 0.05) is 0 Å². The maximum atomic E-state index is 11.8. The normalized spacial score (nSPS) is 9.88. The summed E-state index contributed by atoms with van der Waals surface area (Å²) in [5.74, 6) is -0.548. The van der Waals surface area contributed by atoms with Crippen molar-refractivity contribution >= 4 is 16.9 Å². The number of hydrogen-bond acceptors (Lipinski definition) is 5. The Hall–Kier alpha value is -2.61. The number of ether oxygens (including phenoxy) is 1. The van der Waals surface area contributed by atoms with Crippen LogP contribution in [0.3, 0.4) is 0 Å². The molecule has 0 amide bonds. The smallest absolute Gasteiger partial charge is 0.337 e. The molecule has 5 heteroatoms. The Morgan fingerprint density at radius 3 is 2.88 bits per heavy atom. The maximum absolute atomic E-state index is 11.8. The van der Waals surface area contributed by atoms with Crippen LogP contribution >= 0.6 is 0 Å². The van der Waals surface area contributed by atoms with Crippen molar-refractivity contribution in [1.82, 2.24) is 0 Å². The van der Waals surface area contributed by atoms with Crippen LogP contribution in [-0.2, 0) is 4.74 Å². The summed E-state index contributed by atoms with van der Waals surface area (Å²) in [7, 11) is 1.25. The van der Waals surface area contributed by atoms with E-state index < -0.39 is 11.4 Å². The van der Waals surface area contributed by atoms with E-state index in [1.54, 1.807) is 6.07 Å². The fourth-order valence-corrected chi connectivity index (χ4v) is 1.45. The van der Waals surface area contributed by atoms with Crippen LogP contribution in [0.15, 0.2) is 33.7 Å². The highest BCUT2D eigenvalue weighted by Gasteiger charge is 2.11. The monoisotopic (exact) mass is 229 g/mol. The molecule has 0 aliphatic heterocycles. The second kappa shape index (κ2) is 4.10. The van der Waals surface area contributed by atoms with E-state index in [2.05, 4.69) is 4.74 Å². The van der Waals surface area contributed by atoms with Crippen LogP contribution in [0.5, 0.6) is 0 Å². The van der Waals surface area contributed by atoms with Gasteiger partial charge in [-0.05, 0) is 18.2 Å². The third-order valence-electron chi connectivity index (χ3n) is 2.31. The Morgan fingerprint density at radius 1 is 1.47 bits per heavy atom. The summed E-state index contributed by atoms with van der Waals surface area (Å²) in [6, 6.07) is 6.06. The van der Waals surface area contributed by atoms with Crippen LogP contribution in [0.2, 0.25) is 0 Å². The van der Waals surface area contributed by atoms with Gasteiger partial charge in [-0.3, -0.25) is 4.79 Å². The number of benzene rings is 1. The summed E-state index contributed by atoms with van der Waals surface area (Å²) >= 11 is 0. The number of hydrogen-bond donors (Lipinski definition) is 0. The summed E-state index contributed by atoms with van der Waals surface area (Å²) in [6.07, 6.45) is 1.10. The molecule has 2 aromatic rings. The molecule has 1 aromatic carbocycles. The molecular weight excluding hydrogens is 222 g/mol. The number of fused-ring (bicyclic) bond motifs is 1. The minimum absolute atomic E-state index is 0.0977. The van der Waals surface area contributed by atoms with Crippen LogP contribution < -0.4 is 5.43 Å². The molecule has 0 aliphatic carbocycles. The summed E-state index contributed by atoms with van der Waals surface area (Å²) in [5, 5.41) is 8.89. The number of nitriles is 1. The zero-order valence-corrected chi connectivity index (χ0v) is 8.89. The Labute approximate surface area is 95.8 Å². The summed E-state index contributed by atoms with van der Waals surface area (Å²) < 4.78 is 9.65. The van der Waals surface area contributed by atoms with E-state index in [-0.39, 0.29) is 16.5 Å². The third-order valence-corrected chi connectivity index (χ3v) is 2.31. The van der Waals surface area contributed by atoms with Gasteiger partial charge < -0.3 is 9.15 Å². The van der Waals surface area contributed by atoms with Gasteiger partial charge in [0.2, 0.25) is 5.43 Å². The molecule has 0 radical (unpaired) electrons. The maximum Gasteiger partial charge on any atom is 0.337 e. The molecule has 0 fully saturated rings. The Morgan fingerprint density at radius 2 is 2.24 bits per heavy atom. The summed E-state index contributed by atoms with van der Waals surface area (Å²) in [6.45, 7) is 0. The SMILES string of the molecule is COC(=O)c1ccc2occ(C#N)c(=O)c2c1. The molecule has 1 heterocycles. The summed E-state index contributed by atoms with van der Waals surface area (Å²) in [4.78, 5) is 23.1.